The fourth-order valence-electron chi connectivity index (χ4n) is 1.76. The number of hydrogen-bond donors (Lipinski definition) is 2. The predicted molar refractivity (Wildman–Crippen MR) is 54.9 cm³/mol. The summed E-state index contributed by atoms with van der Waals surface area (Å²) in [5.74, 6) is -1.03. The molecule has 1 unspecified atom stereocenters. The lowest BCUT2D eigenvalue weighted by molar-refractivity contribution is 0.126. The smallest absolute Gasteiger partial charge is 0.258 e. The molecule has 17 heavy (non-hydrogen) atoms. The Labute approximate surface area is 95.7 Å². The van der Waals surface area contributed by atoms with E-state index in [9.17, 15) is 21.6 Å². The van der Waals surface area contributed by atoms with E-state index in [-0.39, 0.29) is 12.1 Å². The first-order valence-electron chi connectivity index (χ1n) is 4.69. The molecule has 0 aliphatic carbocycles. The Morgan fingerprint density at radius 3 is 2.59 bits per heavy atom. The van der Waals surface area contributed by atoms with Gasteiger partial charge in [-0.2, -0.15) is 0 Å². The van der Waals surface area contributed by atoms with Crippen molar-refractivity contribution < 1.29 is 21.6 Å². The molecule has 0 amide bonds. The molecule has 0 fully saturated rings. The third-order valence-corrected chi connectivity index (χ3v) is 3.48. The van der Waals surface area contributed by atoms with Gasteiger partial charge in [-0.15, -0.1) is 0 Å². The van der Waals surface area contributed by atoms with Gasteiger partial charge in [-0.25, -0.2) is 26.7 Å². The summed E-state index contributed by atoms with van der Waals surface area (Å²) >= 11 is 0. The molecular weight excluding hydrogens is 257 g/mol. The number of fused-ring (bicyclic) bond motifs is 1. The average Bonchev–Trinajstić information content (AvgIpc) is 2.57. The zero-order valence-corrected chi connectivity index (χ0v) is 9.27. The molecule has 1 aliphatic rings. The maximum atomic E-state index is 13.4. The van der Waals surface area contributed by atoms with E-state index in [0.717, 1.165) is 12.1 Å². The Bertz CT molecular complexity index is 560. The number of rotatable bonds is 2. The molecule has 1 aromatic carbocycles. The minimum atomic E-state index is -4.20. The van der Waals surface area contributed by atoms with Crippen LogP contribution >= 0.6 is 0 Å². The van der Waals surface area contributed by atoms with Crippen LogP contribution in [0.15, 0.2) is 17.0 Å². The van der Waals surface area contributed by atoms with Crippen LogP contribution in [0, 0.1) is 5.82 Å². The van der Waals surface area contributed by atoms with E-state index < -0.39 is 33.2 Å². The lowest BCUT2D eigenvalue weighted by atomic mass is 10.1. The van der Waals surface area contributed by atoms with Gasteiger partial charge in [0.2, 0.25) is 10.0 Å². The predicted octanol–water partition coefficient (Wildman–Crippen LogP) is 1.07. The Balaban J connectivity index is 2.45. The fourth-order valence-corrected chi connectivity index (χ4v) is 2.37. The molecule has 1 aliphatic heterocycles. The Kier molecular flexibility index (Phi) is 2.78. The number of alkyl halides is 2. The number of anilines is 1. The third kappa shape index (κ3) is 2.22. The second kappa shape index (κ2) is 3.88. The van der Waals surface area contributed by atoms with E-state index in [0.29, 0.717) is 5.56 Å². The summed E-state index contributed by atoms with van der Waals surface area (Å²) in [4.78, 5) is -0.696. The highest BCUT2D eigenvalue weighted by atomic mass is 32.2. The van der Waals surface area contributed by atoms with Crippen molar-refractivity contribution in [1.29, 1.82) is 0 Å². The number of nitrogens with two attached hydrogens (primary N) is 1. The molecule has 0 saturated carbocycles. The number of hydrogen-bond acceptors (Lipinski definition) is 3. The Hall–Kier alpha value is -1.28. The first kappa shape index (κ1) is 12.2. The van der Waals surface area contributed by atoms with E-state index >= 15 is 0 Å². The van der Waals surface area contributed by atoms with E-state index in [4.69, 9.17) is 5.14 Å². The second-order valence-electron chi connectivity index (χ2n) is 3.77. The molecule has 2 rings (SSSR count). The summed E-state index contributed by atoms with van der Waals surface area (Å²) in [6.07, 6.45) is -2.65. The Morgan fingerprint density at radius 2 is 2.06 bits per heavy atom. The maximum absolute atomic E-state index is 13.4. The highest BCUT2D eigenvalue weighted by Crippen LogP contribution is 2.31. The summed E-state index contributed by atoms with van der Waals surface area (Å²) in [6.45, 7) is 0. The SMILES string of the molecule is NS(=O)(=O)c1cc2c(cc1F)CC(C(F)F)N2. The van der Waals surface area contributed by atoms with Gasteiger partial charge in [0.1, 0.15) is 10.7 Å². The molecule has 0 aromatic heterocycles. The molecule has 8 heteroatoms. The summed E-state index contributed by atoms with van der Waals surface area (Å²) in [6, 6.07) is 0.743. The molecule has 0 spiro atoms. The first-order valence-corrected chi connectivity index (χ1v) is 6.23. The molecule has 0 radical (unpaired) electrons. The maximum Gasteiger partial charge on any atom is 0.258 e. The number of halogens is 3. The van der Waals surface area contributed by atoms with Gasteiger partial charge in [-0.05, 0) is 17.7 Å². The van der Waals surface area contributed by atoms with Gasteiger partial charge < -0.3 is 5.32 Å². The number of sulfonamides is 1. The van der Waals surface area contributed by atoms with Crippen LogP contribution < -0.4 is 10.5 Å². The molecule has 1 aromatic rings. The number of primary sulfonamides is 1. The summed E-state index contributed by atoms with van der Waals surface area (Å²) in [7, 11) is -4.20. The highest BCUT2D eigenvalue weighted by molar-refractivity contribution is 7.89. The zero-order valence-electron chi connectivity index (χ0n) is 8.45. The lowest BCUT2D eigenvalue weighted by Crippen LogP contribution is -2.24. The normalized spacial score (nSPS) is 19.2. The van der Waals surface area contributed by atoms with Crippen LogP contribution in [0.1, 0.15) is 5.56 Å². The van der Waals surface area contributed by atoms with Gasteiger partial charge in [0.05, 0.1) is 6.04 Å². The van der Waals surface area contributed by atoms with Crippen LogP contribution in [0.4, 0.5) is 18.9 Å². The molecule has 0 saturated heterocycles. The average molecular weight is 266 g/mol. The van der Waals surface area contributed by atoms with E-state index in [1.165, 1.54) is 0 Å². The third-order valence-electron chi connectivity index (χ3n) is 2.55. The molecule has 94 valence electrons. The van der Waals surface area contributed by atoms with Crippen LogP contribution in [0.25, 0.3) is 0 Å². The summed E-state index contributed by atoms with van der Waals surface area (Å²) < 4.78 is 60.3. The summed E-state index contributed by atoms with van der Waals surface area (Å²) in [5.41, 5.74) is 0.501. The van der Waals surface area contributed by atoms with Gasteiger partial charge in [0, 0.05) is 12.1 Å². The topological polar surface area (TPSA) is 72.2 Å². The quantitative estimate of drug-likeness (QED) is 0.841. The molecule has 1 atom stereocenters. The standard InChI is InChI=1S/C9H9F3N2O2S/c10-5-1-4-2-7(9(11)12)14-6(4)3-8(5)17(13,15)16/h1,3,7,9,14H,2H2,(H2,13,15,16). The Morgan fingerprint density at radius 1 is 1.41 bits per heavy atom. The molecule has 3 N–H and O–H groups in total. The number of nitrogens with one attached hydrogen (secondary N) is 1. The van der Waals surface area contributed by atoms with Gasteiger partial charge in [0.25, 0.3) is 6.43 Å². The van der Waals surface area contributed by atoms with E-state index in [1.54, 1.807) is 0 Å². The molecule has 4 nitrogen and oxygen atoms in total. The second-order valence-corrected chi connectivity index (χ2v) is 5.30. The van der Waals surface area contributed by atoms with Crippen molar-refractivity contribution in [3.05, 3.63) is 23.5 Å². The summed E-state index contributed by atoms with van der Waals surface area (Å²) in [5, 5.41) is 7.24. The van der Waals surface area contributed by atoms with Crippen molar-refractivity contribution in [2.45, 2.75) is 23.8 Å². The van der Waals surface area contributed by atoms with Gasteiger partial charge >= 0.3 is 0 Å². The lowest BCUT2D eigenvalue weighted by Gasteiger charge is -2.08. The van der Waals surface area contributed by atoms with E-state index in [1.807, 2.05) is 0 Å². The van der Waals surface area contributed by atoms with Crippen LogP contribution in [0.5, 0.6) is 0 Å². The van der Waals surface area contributed by atoms with Gasteiger partial charge in [-0.1, -0.05) is 0 Å². The van der Waals surface area contributed by atoms with Crippen LogP contribution in [-0.4, -0.2) is 20.9 Å². The number of benzene rings is 1. The monoisotopic (exact) mass is 266 g/mol. The van der Waals surface area contributed by atoms with Crippen molar-refractivity contribution in [3.8, 4) is 0 Å². The molecular formula is C9H9F3N2O2S. The first-order chi connectivity index (χ1) is 7.79. The van der Waals surface area contributed by atoms with Gasteiger partial charge in [0.15, 0.2) is 0 Å². The zero-order chi connectivity index (χ0) is 12.8. The van der Waals surface area contributed by atoms with Crippen LogP contribution in [-0.2, 0) is 16.4 Å². The van der Waals surface area contributed by atoms with Gasteiger partial charge in [-0.3, -0.25) is 0 Å². The molecule has 0 bridgehead atoms. The van der Waals surface area contributed by atoms with Crippen molar-refractivity contribution >= 4 is 15.7 Å². The van der Waals surface area contributed by atoms with Crippen LogP contribution in [0.2, 0.25) is 0 Å². The van der Waals surface area contributed by atoms with Crippen molar-refractivity contribution in [3.63, 3.8) is 0 Å². The van der Waals surface area contributed by atoms with Crippen molar-refractivity contribution in [1.82, 2.24) is 0 Å². The van der Waals surface area contributed by atoms with E-state index in [2.05, 4.69) is 5.32 Å². The van der Waals surface area contributed by atoms with Crippen LogP contribution in [0.3, 0.4) is 0 Å². The highest BCUT2D eigenvalue weighted by Gasteiger charge is 2.30. The minimum Gasteiger partial charge on any atom is -0.376 e. The van der Waals surface area contributed by atoms with Crippen molar-refractivity contribution in [2.75, 3.05) is 5.32 Å². The minimum absolute atomic E-state index is 0.0468. The van der Waals surface area contributed by atoms with Crippen molar-refractivity contribution in [2.24, 2.45) is 5.14 Å². The largest absolute Gasteiger partial charge is 0.376 e. The molecule has 1 heterocycles. The fraction of sp³-hybridized carbons (Fsp3) is 0.333.